The third-order valence-electron chi connectivity index (χ3n) is 3.85. The quantitative estimate of drug-likeness (QED) is 0.548. The minimum absolute atomic E-state index is 0.299. The average molecular weight is 433 g/mol. The highest BCUT2D eigenvalue weighted by atomic mass is 32.2. The molecular formula is C19H20N4O4S2. The van der Waals surface area contributed by atoms with E-state index < -0.39 is 10.0 Å². The fourth-order valence-electron chi connectivity index (χ4n) is 2.53. The summed E-state index contributed by atoms with van der Waals surface area (Å²) in [5, 5.41) is 6.67. The van der Waals surface area contributed by atoms with Gasteiger partial charge in [-0.25, -0.2) is 8.42 Å². The smallest absolute Gasteiger partial charge is 0.256 e. The van der Waals surface area contributed by atoms with Gasteiger partial charge in [0.05, 0.1) is 23.3 Å². The van der Waals surface area contributed by atoms with Gasteiger partial charge in [0.1, 0.15) is 0 Å². The predicted octanol–water partition coefficient (Wildman–Crippen LogP) is 3.60. The Morgan fingerprint density at radius 1 is 1.17 bits per heavy atom. The van der Waals surface area contributed by atoms with Crippen LogP contribution in [-0.2, 0) is 15.8 Å². The van der Waals surface area contributed by atoms with Crippen molar-refractivity contribution >= 4 is 39.1 Å². The van der Waals surface area contributed by atoms with Crippen LogP contribution in [0.25, 0.3) is 0 Å². The number of carbonyl (C=O) groups excluding carboxylic acids is 1. The topological polar surface area (TPSA) is 114 Å². The van der Waals surface area contributed by atoms with Gasteiger partial charge in [-0.05, 0) is 36.8 Å². The van der Waals surface area contributed by atoms with E-state index in [0.717, 1.165) is 16.7 Å². The van der Waals surface area contributed by atoms with Crippen molar-refractivity contribution in [1.29, 1.82) is 0 Å². The molecule has 3 rings (SSSR count). The van der Waals surface area contributed by atoms with Gasteiger partial charge in [0.25, 0.3) is 5.91 Å². The first-order valence-corrected chi connectivity index (χ1v) is 11.5. The number of hydrogen-bond acceptors (Lipinski definition) is 7. The van der Waals surface area contributed by atoms with E-state index in [4.69, 9.17) is 4.52 Å². The van der Waals surface area contributed by atoms with Crippen LogP contribution >= 0.6 is 11.8 Å². The molecule has 1 amide bonds. The number of sulfonamides is 1. The number of anilines is 2. The van der Waals surface area contributed by atoms with Gasteiger partial charge in [-0.2, -0.15) is 4.98 Å². The first-order chi connectivity index (χ1) is 13.7. The van der Waals surface area contributed by atoms with Gasteiger partial charge >= 0.3 is 0 Å². The minimum Gasteiger partial charge on any atom is -0.340 e. The van der Waals surface area contributed by atoms with E-state index in [1.807, 2.05) is 12.1 Å². The van der Waals surface area contributed by atoms with E-state index in [-0.39, 0.29) is 5.91 Å². The van der Waals surface area contributed by atoms with Crippen LogP contribution in [0.15, 0.2) is 51.9 Å². The van der Waals surface area contributed by atoms with Gasteiger partial charge in [0.2, 0.25) is 15.9 Å². The molecule has 0 aliphatic heterocycles. The molecular weight excluding hydrogens is 412 g/mol. The number of benzene rings is 2. The van der Waals surface area contributed by atoms with Crippen molar-refractivity contribution in [3.8, 4) is 0 Å². The van der Waals surface area contributed by atoms with Crippen LogP contribution in [0.4, 0.5) is 11.4 Å². The summed E-state index contributed by atoms with van der Waals surface area (Å²) in [6.07, 6.45) is 1.08. The summed E-state index contributed by atoms with van der Waals surface area (Å²) in [6.45, 7) is 3.50. The molecule has 0 atom stereocenters. The minimum atomic E-state index is -3.42. The molecule has 0 aliphatic rings. The lowest BCUT2D eigenvalue weighted by molar-refractivity contribution is 0.102. The Kier molecular flexibility index (Phi) is 6.23. The summed E-state index contributed by atoms with van der Waals surface area (Å²) < 4.78 is 30.5. The van der Waals surface area contributed by atoms with E-state index in [1.165, 1.54) is 11.8 Å². The molecule has 0 saturated heterocycles. The van der Waals surface area contributed by atoms with Crippen LogP contribution in [-0.4, -0.2) is 30.7 Å². The van der Waals surface area contributed by atoms with Crippen LogP contribution < -0.4 is 10.0 Å². The fourth-order valence-corrected chi connectivity index (χ4v) is 4.04. The average Bonchev–Trinajstić information content (AvgIpc) is 3.07. The number of aromatic nitrogens is 2. The van der Waals surface area contributed by atoms with Gasteiger partial charge in [-0.1, -0.05) is 23.4 Å². The Bertz CT molecular complexity index is 1140. The van der Waals surface area contributed by atoms with Crippen LogP contribution in [0.3, 0.4) is 0 Å². The second-order valence-corrected chi connectivity index (χ2v) is 9.14. The van der Waals surface area contributed by atoms with E-state index in [1.54, 1.807) is 44.2 Å². The maximum atomic E-state index is 12.8. The normalized spacial score (nSPS) is 11.3. The second-order valence-electron chi connectivity index (χ2n) is 6.37. The van der Waals surface area contributed by atoms with E-state index >= 15 is 0 Å². The highest BCUT2D eigenvalue weighted by Crippen LogP contribution is 2.27. The number of carbonyl (C=O) groups is 1. The highest BCUT2D eigenvalue weighted by molar-refractivity contribution is 7.98. The lowest BCUT2D eigenvalue weighted by Gasteiger charge is -2.12. The lowest BCUT2D eigenvalue weighted by atomic mass is 10.1. The zero-order chi connectivity index (χ0) is 21.0. The Hall–Kier alpha value is -2.85. The van der Waals surface area contributed by atoms with Crippen molar-refractivity contribution < 1.29 is 17.7 Å². The summed E-state index contributed by atoms with van der Waals surface area (Å²) in [4.78, 5) is 17.8. The number of amides is 1. The molecule has 3 aromatic rings. The maximum absolute atomic E-state index is 12.8. The first-order valence-electron chi connectivity index (χ1n) is 8.62. The molecule has 2 aromatic carbocycles. The maximum Gasteiger partial charge on any atom is 0.256 e. The molecule has 1 aromatic heterocycles. The van der Waals surface area contributed by atoms with Crippen LogP contribution in [0.2, 0.25) is 0 Å². The van der Waals surface area contributed by atoms with Gasteiger partial charge in [0.15, 0.2) is 5.82 Å². The predicted molar refractivity (Wildman–Crippen MR) is 113 cm³/mol. The number of aryl methyl sites for hydroxylation is 2. The molecule has 10 heteroatoms. The Labute approximate surface area is 173 Å². The van der Waals surface area contributed by atoms with Gasteiger partial charge < -0.3 is 9.84 Å². The third kappa shape index (κ3) is 5.81. The summed E-state index contributed by atoms with van der Waals surface area (Å²) in [5.41, 5.74) is 2.15. The third-order valence-corrected chi connectivity index (χ3v) is 5.51. The van der Waals surface area contributed by atoms with Crippen LogP contribution in [0, 0.1) is 13.8 Å². The van der Waals surface area contributed by atoms with Crippen molar-refractivity contribution in [2.75, 3.05) is 16.3 Å². The molecule has 0 bridgehead atoms. The molecule has 0 saturated carbocycles. The molecule has 0 radical (unpaired) electrons. The molecule has 152 valence electrons. The number of rotatable bonds is 7. The highest BCUT2D eigenvalue weighted by Gasteiger charge is 2.14. The number of nitrogens with one attached hydrogen (secondary N) is 2. The molecule has 0 aliphatic carbocycles. The summed E-state index contributed by atoms with van der Waals surface area (Å²) in [7, 11) is -3.42. The zero-order valence-electron chi connectivity index (χ0n) is 16.1. The molecule has 29 heavy (non-hydrogen) atoms. The molecule has 0 unspecified atom stereocenters. The van der Waals surface area contributed by atoms with Gasteiger partial charge in [0, 0.05) is 17.5 Å². The number of thioether (sulfide) groups is 1. The lowest BCUT2D eigenvalue weighted by Crippen LogP contribution is -2.14. The van der Waals surface area contributed by atoms with E-state index in [9.17, 15) is 13.2 Å². The molecule has 2 N–H and O–H groups in total. The van der Waals surface area contributed by atoms with Gasteiger partial charge in [-0.3, -0.25) is 9.52 Å². The molecule has 1 heterocycles. The van der Waals surface area contributed by atoms with Crippen molar-refractivity contribution in [1.82, 2.24) is 10.1 Å². The summed E-state index contributed by atoms with van der Waals surface area (Å²) >= 11 is 1.43. The van der Waals surface area contributed by atoms with E-state index in [0.29, 0.717) is 34.4 Å². The molecule has 8 nitrogen and oxygen atoms in total. The Balaban J connectivity index is 1.76. The summed E-state index contributed by atoms with van der Waals surface area (Å²) in [5.74, 6) is 1.21. The summed E-state index contributed by atoms with van der Waals surface area (Å²) in [6, 6.07) is 12.2. The molecule has 0 spiro atoms. The van der Waals surface area contributed by atoms with Crippen molar-refractivity contribution in [3.63, 3.8) is 0 Å². The van der Waals surface area contributed by atoms with Gasteiger partial charge in [-0.15, -0.1) is 11.8 Å². The standard InChI is InChI=1S/C19H20N4O4S2/c1-12-8-9-14(10-16(12)23-29(3,25)26)21-19(24)15-6-4-5-7-17(15)28-11-18-20-13(2)27-22-18/h4-10,23H,11H2,1-3H3,(H,21,24). The second kappa shape index (κ2) is 8.66. The fraction of sp³-hybridized carbons (Fsp3) is 0.211. The number of nitrogens with zero attached hydrogens (tertiary/aromatic N) is 2. The molecule has 0 fully saturated rings. The Morgan fingerprint density at radius 2 is 1.93 bits per heavy atom. The largest absolute Gasteiger partial charge is 0.340 e. The zero-order valence-corrected chi connectivity index (χ0v) is 17.7. The SMILES string of the molecule is Cc1nc(CSc2ccccc2C(=O)Nc2ccc(C)c(NS(C)(=O)=O)c2)no1. The van der Waals surface area contributed by atoms with Crippen molar-refractivity contribution in [3.05, 3.63) is 65.3 Å². The van der Waals surface area contributed by atoms with E-state index in [2.05, 4.69) is 20.2 Å². The monoisotopic (exact) mass is 432 g/mol. The van der Waals surface area contributed by atoms with Crippen molar-refractivity contribution in [2.24, 2.45) is 0 Å². The van der Waals surface area contributed by atoms with Crippen LogP contribution in [0.1, 0.15) is 27.6 Å². The Morgan fingerprint density at radius 3 is 2.62 bits per heavy atom. The van der Waals surface area contributed by atoms with Crippen LogP contribution in [0.5, 0.6) is 0 Å². The van der Waals surface area contributed by atoms with Crippen molar-refractivity contribution in [2.45, 2.75) is 24.5 Å². The first kappa shape index (κ1) is 20.9. The number of hydrogen-bond donors (Lipinski definition) is 2.